The summed E-state index contributed by atoms with van der Waals surface area (Å²) in [5, 5.41) is 9.29. The first-order chi connectivity index (χ1) is 8.54. The third kappa shape index (κ3) is 2.14. The molecule has 1 aromatic carbocycles. The normalized spacial score (nSPS) is 10.6. The van der Waals surface area contributed by atoms with E-state index in [0.29, 0.717) is 5.56 Å². The number of Topliss-reactive ketones (excluding diaryl/α,β-unsaturated/α-hetero) is 1. The van der Waals surface area contributed by atoms with Crippen LogP contribution in [0.25, 0.3) is 5.69 Å². The molecule has 0 saturated heterocycles. The third-order valence-corrected chi connectivity index (χ3v) is 3.20. The number of rotatable bonds is 3. The molecule has 0 radical (unpaired) electrons. The Morgan fingerprint density at radius 2 is 1.89 bits per heavy atom. The van der Waals surface area contributed by atoms with E-state index in [4.69, 9.17) is 11.6 Å². The van der Waals surface area contributed by atoms with E-state index < -0.39 is 0 Å². The minimum absolute atomic E-state index is 0.0140. The number of alkyl halides is 1. The molecule has 0 aliphatic rings. The zero-order valence-corrected chi connectivity index (χ0v) is 11.0. The molecular weight excluding hydrogens is 250 g/mol. The second-order valence-electron chi connectivity index (χ2n) is 4.19. The van der Waals surface area contributed by atoms with Gasteiger partial charge in [-0.15, -0.1) is 11.6 Å². The average molecular weight is 264 g/mol. The van der Waals surface area contributed by atoms with Crippen molar-refractivity contribution in [3.05, 3.63) is 47.3 Å². The van der Waals surface area contributed by atoms with E-state index in [1.165, 1.54) is 0 Å². The molecule has 0 aliphatic heterocycles. The van der Waals surface area contributed by atoms with E-state index in [1.807, 2.05) is 36.6 Å². The molecule has 0 unspecified atom stereocenters. The molecule has 0 bridgehead atoms. The number of nitrogens with zero attached hydrogens (tertiary/aromatic N) is 1. The summed E-state index contributed by atoms with van der Waals surface area (Å²) < 4.78 is 1.97. The van der Waals surface area contributed by atoms with E-state index in [9.17, 15) is 9.90 Å². The zero-order valence-electron chi connectivity index (χ0n) is 10.3. The maximum Gasteiger partial charge on any atom is 0.179 e. The Morgan fingerprint density at radius 1 is 1.28 bits per heavy atom. The summed E-state index contributed by atoms with van der Waals surface area (Å²) in [7, 11) is 0. The van der Waals surface area contributed by atoms with E-state index >= 15 is 0 Å². The number of phenolic OH excluding ortho intramolecular Hbond substituents is 1. The standard InChI is InChI=1S/C14H14ClNO2/c1-9-7-13(14(18)8-15)10(2)16(9)11-3-5-12(17)6-4-11/h3-7,17H,8H2,1-2H3. The summed E-state index contributed by atoms with van der Waals surface area (Å²) >= 11 is 5.60. The number of phenols is 1. The van der Waals surface area contributed by atoms with E-state index in [0.717, 1.165) is 17.1 Å². The van der Waals surface area contributed by atoms with Gasteiger partial charge in [-0.25, -0.2) is 0 Å². The summed E-state index contributed by atoms with van der Waals surface area (Å²) in [5.41, 5.74) is 3.39. The van der Waals surface area contributed by atoms with Gasteiger partial charge in [-0.05, 0) is 44.2 Å². The Morgan fingerprint density at radius 3 is 2.44 bits per heavy atom. The first-order valence-corrected chi connectivity index (χ1v) is 6.15. The number of aromatic nitrogens is 1. The number of halogens is 1. The monoisotopic (exact) mass is 263 g/mol. The molecule has 94 valence electrons. The molecule has 0 atom stereocenters. The number of ketones is 1. The first-order valence-electron chi connectivity index (χ1n) is 5.62. The van der Waals surface area contributed by atoms with Crippen molar-refractivity contribution in [2.75, 3.05) is 5.88 Å². The number of carbonyl (C=O) groups is 1. The molecule has 1 N–H and O–H groups in total. The number of carbonyl (C=O) groups excluding carboxylic acids is 1. The Kier molecular flexibility index (Phi) is 3.43. The molecule has 2 rings (SSSR count). The molecule has 1 aromatic heterocycles. The van der Waals surface area contributed by atoms with E-state index in [2.05, 4.69) is 0 Å². The summed E-state index contributed by atoms with van der Waals surface area (Å²) in [5.74, 6) is 0.132. The van der Waals surface area contributed by atoms with Crippen LogP contribution in [0.3, 0.4) is 0 Å². The molecule has 2 aromatic rings. The van der Waals surface area contributed by atoms with E-state index in [-0.39, 0.29) is 17.4 Å². The van der Waals surface area contributed by atoms with Gasteiger partial charge in [0.25, 0.3) is 0 Å². The lowest BCUT2D eigenvalue weighted by Gasteiger charge is -2.09. The second kappa shape index (κ2) is 4.86. The van der Waals surface area contributed by atoms with Crippen LogP contribution in [0.15, 0.2) is 30.3 Å². The van der Waals surface area contributed by atoms with Crippen molar-refractivity contribution in [2.24, 2.45) is 0 Å². The topological polar surface area (TPSA) is 42.2 Å². The van der Waals surface area contributed by atoms with Crippen molar-refractivity contribution in [3.63, 3.8) is 0 Å². The molecule has 0 amide bonds. The molecule has 0 saturated carbocycles. The number of aryl methyl sites for hydroxylation is 1. The molecule has 4 heteroatoms. The number of hydrogen-bond acceptors (Lipinski definition) is 2. The van der Waals surface area contributed by atoms with Crippen molar-refractivity contribution in [3.8, 4) is 11.4 Å². The Labute approximate surface area is 111 Å². The SMILES string of the molecule is Cc1cc(C(=O)CCl)c(C)n1-c1ccc(O)cc1. The molecule has 3 nitrogen and oxygen atoms in total. The predicted molar refractivity (Wildman–Crippen MR) is 72.0 cm³/mol. The number of benzene rings is 1. The van der Waals surface area contributed by atoms with Gasteiger partial charge in [-0.2, -0.15) is 0 Å². The van der Waals surface area contributed by atoms with Crippen LogP contribution in [0.1, 0.15) is 21.7 Å². The minimum Gasteiger partial charge on any atom is -0.508 e. The number of aromatic hydroxyl groups is 1. The van der Waals surface area contributed by atoms with Gasteiger partial charge in [0.1, 0.15) is 5.75 Å². The van der Waals surface area contributed by atoms with Crippen LogP contribution in [0, 0.1) is 13.8 Å². The van der Waals surface area contributed by atoms with Gasteiger partial charge in [0, 0.05) is 22.6 Å². The highest BCUT2D eigenvalue weighted by molar-refractivity contribution is 6.30. The largest absolute Gasteiger partial charge is 0.508 e. The maximum atomic E-state index is 11.7. The van der Waals surface area contributed by atoms with E-state index in [1.54, 1.807) is 12.1 Å². The highest BCUT2D eigenvalue weighted by atomic mass is 35.5. The van der Waals surface area contributed by atoms with Gasteiger partial charge in [0.15, 0.2) is 5.78 Å². The fourth-order valence-electron chi connectivity index (χ4n) is 2.12. The van der Waals surface area contributed by atoms with Crippen molar-refractivity contribution in [1.29, 1.82) is 0 Å². The van der Waals surface area contributed by atoms with Crippen LogP contribution in [-0.4, -0.2) is 21.3 Å². The Balaban J connectivity index is 2.55. The van der Waals surface area contributed by atoms with Crippen LogP contribution >= 0.6 is 11.6 Å². The van der Waals surface area contributed by atoms with Gasteiger partial charge in [0.2, 0.25) is 0 Å². The van der Waals surface area contributed by atoms with Crippen molar-refractivity contribution in [2.45, 2.75) is 13.8 Å². The summed E-state index contributed by atoms with van der Waals surface area (Å²) in [6.45, 7) is 3.82. The maximum absolute atomic E-state index is 11.7. The molecule has 0 fully saturated rings. The first kappa shape index (κ1) is 12.7. The summed E-state index contributed by atoms with van der Waals surface area (Å²) in [4.78, 5) is 11.7. The molecule has 18 heavy (non-hydrogen) atoms. The molecule has 1 heterocycles. The quantitative estimate of drug-likeness (QED) is 0.682. The van der Waals surface area contributed by atoms with Crippen LogP contribution in [0.4, 0.5) is 0 Å². The van der Waals surface area contributed by atoms with Crippen LogP contribution in [0.2, 0.25) is 0 Å². The van der Waals surface area contributed by atoms with Gasteiger partial charge in [0.05, 0.1) is 5.88 Å². The van der Waals surface area contributed by atoms with Crippen LogP contribution in [-0.2, 0) is 0 Å². The summed E-state index contributed by atoms with van der Waals surface area (Å²) in [6, 6.07) is 8.70. The van der Waals surface area contributed by atoms with Crippen LogP contribution in [0.5, 0.6) is 5.75 Å². The lowest BCUT2D eigenvalue weighted by atomic mass is 10.2. The molecule has 0 spiro atoms. The fraction of sp³-hybridized carbons (Fsp3) is 0.214. The Hall–Kier alpha value is -1.74. The molecule has 0 aliphatic carbocycles. The number of hydrogen-bond donors (Lipinski definition) is 1. The van der Waals surface area contributed by atoms with Gasteiger partial charge < -0.3 is 9.67 Å². The predicted octanol–water partition coefficient (Wildman–Crippen LogP) is 3.22. The van der Waals surface area contributed by atoms with Gasteiger partial charge in [-0.1, -0.05) is 0 Å². The minimum atomic E-state index is -0.0743. The van der Waals surface area contributed by atoms with Crippen molar-refractivity contribution >= 4 is 17.4 Å². The van der Waals surface area contributed by atoms with Crippen LogP contribution < -0.4 is 0 Å². The lowest BCUT2D eigenvalue weighted by Crippen LogP contribution is -2.04. The summed E-state index contributed by atoms with van der Waals surface area (Å²) in [6.07, 6.45) is 0. The third-order valence-electron chi connectivity index (χ3n) is 2.96. The smallest absolute Gasteiger partial charge is 0.179 e. The zero-order chi connectivity index (χ0) is 13.3. The highest BCUT2D eigenvalue weighted by Gasteiger charge is 2.15. The molecular formula is C14H14ClNO2. The van der Waals surface area contributed by atoms with Gasteiger partial charge >= 0.3 is 0 Å². The van der Waals surface area contributed by atoms with Crippen molar-refractivity contribution < 1.29 is 9.90 Å². The highest BCUT2D eigenvalue weighted by Crippen LogP contribution is 2.22. The second-order valence-corrected chi connectivity index (χ2v) is 4.46. The lowest BCUT2D eigenvalue weighted by molar-refractivity contribution is 0.102. The van der Waals surface area contributed by atoms with Crippen molar-refractivity contribution in [1.82, 2.24) is 4.57 Å². The fourth-order valence-corrected chi connectivity index (χ4v) is 2.26. The average Bonchev–Trinajstić information content (AvgIpc) is 2.65. The van der Waals surface area contributed by atoms with Gasteiger partial charge in [-0.3, -0.25) is 4.79 Å². The Bertz CT molecular complexity index is 585.